The first-order valence-corrected chi connectivity index (χ1v) is 6.21. The molecule has 78 valence electrons. The van der Waals surface area contributed by atoms with Crippen molar-refractivity contribution in [3.63, 3.8) is 0 Å². The van der Waals surface area contributed by atoms with Crippen molar-refractivity contribution in [2.75, 3.05) is 12.4 Å². The largest absolute Gasteiger partial charge is 0.396 e. The predicted octanol–water partition coefficient (Wildman–Crippen LogP) is 3.26. The number of hydrogen-bond donors (Lipinski definition) is 1. The van der Waals surface area contributed by atoms with Gasteiger partial charge in [0.1, 0.15) is 0 Å². The molecule has 1 rings (SSSR count). The molecular formula is C11H15ClOS. The predicted molar refractivity (Wildman–Crippen MR) is 64.1 cm³/mol. The Labute approximate surface area is 94.5 Å². The third-order valence-electron chi connectivity index (χ3n) is 1.91. The van der Waals surface area contributed by atoms with Gasteiger partial charge in [0.05, 0.1) is 0 Å². The number of hydrogen-bond acceptors (Lipinski definition) is 2. The van der Waals surface area contributed by atoms with Gasteiger partial charge in [-0.05, 0) is 36.3 Å². The monoisotopic (exact) mass is 230 g/mol. The molecule has 0 aromatic heterocycles. The standard InChI is InChI=1S/C11H15ClOS/c1-9-3-4-10(11(12)7-9)8-14-6-2-5-13/h3-4,7,13H,2,5-6,8H2,1H3. The maximum atomic E-state index is 8.62. The highest BCUT2D eigenvalue weighted by Crippen LogP contribution is 2.22. The van der Waals surface area contributed by atoms with Crippen LogP contribution in [0.4, 0.5) is 0 Å². The lowest BCUT2D eigenvalue weighted by Gasteiger charge is -2.04. The van der Waals surface area contributed by atoms with Gasteiger partial charge in [-0.25, -0.2) is 0 Å². The summed E-state index contributed by atoms with van der Waals surface area (Å²) in [5.74, 6) is 1.92. The first kappa shape index (κ1) is 11.9. The number of aliphatic hydroxyl groups excluding tert-OH is 1. The average Bonchev–Trinajstić information content (AvgIpc) is 2.15. The average molecular weight is 231 g/mol. The molecule has 0 unspecified atom stereocenters. The minimum atomic E-state index is 0.272. The summed E-state index contributed by atoms with van der Waals surface area (Å²) >= 11 is 7.89. The van der Waals surface area contributed by atoms with Crippen LogP contribution >= 0.6 is 23.4 Å². The fourth-order valence-electron chi connectivity index (χ4n) is 1.12. The molecule has 0 amide bonds. The lowest BCUT2D eigenvalue weighted by Crippen LogP contribution is -1.88. The van der Waals surface area contributed by atoms with Gasteiger partial charge >= 0.3 is 0 Å². The van der Waals surface area contributed by atoms with Crippen molar-refractivity contribution in [3.8, 4) is 0 Å². The van der Waals surface area contributed by atoms with Crippen LogP contribution in [0.5, 0.6) is 0 Å². The van der Waals surface area contributed by atoms with Gasteiger partial charge in [0.2, 0.25) is 0 Å². The van der Waals surface area contributed by atoms with E-state index < -0.39 is 0 Å². The Morgan fingerprint density at radius 3 is 2.86 bits per heavy atom. The Hall–Kier alpha value is -0.180. The van der Waals surface area contributed by atoms with E-state index in [1.807, 2.05) is 13.0 Å². The highest BCUT2D eigenvalue weighted by Gasteiger charge is 2.00. The molecule has 0 atom stereocenters. The number of benzene rings is 1. The van der Waals surface area contributed by atoms with E-state index in [0.29, 0.717) is 0 Å². The third kappa shape index (κ3) is 3.91. The summed E-state index contributed by atoms with van der Waals surface area (Å²) in [6, 6.07) is 6.14. The second-order valence-corrected chi connectivity index (χ2v) is 4.74. The Balaban J connectivity index is 2.42. The van der Waals surface area contributed by atoms with Crippen molar-refractivity contribution < 1.29 is 5.11 Å². The minimum absolute atomic E-state index is 0.272. The summed E-state index contributed by atoms with van der Waals surface area (Å²) in [5.41, 5.74) is 2.37. The summed E-state index contributed by atoms with van der Waals surface area (Å²) in [6.45, 7) is 2.31. The van der Waals surface area contributed by atoms with Crippen LogP contribution in [0.25, 0.3) is 0 Å². The molecule has 1 N–H and O–H groups in total. The molecule has 0 saturated carbocycles. The molecule has 3 heteroatoms. The van der Waals surface area contributed by atoms with E-state index in [-0.39, 0.29) is 6.61 Å². The summed E-state index contributed by atoms with van der Waals surface area (Å²) in [7, 11) is 0. The van der Waals surface area contributed by atoms with E-state index >= 15 is 0 Å². The van der Waals surface area contributed by atoms with Crippen LogP contribution in [0.3, 0.4) is 0 Å². The van der Waals surface area contributed by atoms with Gasteiger partial charge < -0.3 is 5.11 Å². The Morgan fingerprint density at radius 1 is 1.43 bits per heavy atom. The molecule has 1 aromatic carbocycles. The van der Waals surface area contributed by atoms with Gasteiger partial charge in [0.25, 0.3) is 0 Å². The number of aryl methyl sites for hydroxylation is 1. The van der Waals surface area contributed by atoms with Crippen LogP contribution in [-0.4, -0.2) is 17.5 Å². The van der Waals surface area contributed by atoms with E-state index in [4.69, 9.17) is 16.7 Å². The van der Waals surface area contributed by atoms with Crippen LogP contribution in [0.15, 0.2) is 18.2 Å². The van der Waals surface area contributed by atoms with Crippen molar-refractivity contribution in [2.45, 2.75) is 19.1 Å². The van der Waals surface area contributed by atoms with E-state index in [9.17, 15) is 0 Å². The Kier molecular flexibility index (Phi) is 5.38. The summed E-state index contributed by atoms with van der Waals surface area (Å²) < 4.78 is 0. The van der Waals surface area contributed by atoms with Gasteiger partial charge in [-0.1, -0.05) is 23.7 Å². The zero-order valence-electron chi connectivity index (χ0n) is 8.29. The lowest BCUT2D eigenvalue weighted by atomic mass is 10.2. The van der Waals surface area contributed by atoms with Crippen molar-refractivity contribution in [3.05, 3.63) is 34.3 Å². The fourth-order valence-corrected chi connectivity index (χ4v) is 2.45. The van der Waals surface area contributed by atoms with Gasteiger partial charge in [-0.2, -0.15) is 11.8 Å². The normalized spacial score (nSPS) is 10.5. The van der Waals surface area contributed by atoms with E-state index in [1.165, 1.54) is 11.1 Å². The minimum Gasteiger partial charge on any atom is -0.396 e. The molecule has 0 aliphatic heterocycles. The maximum absolute atomic E-state index is 8.62. The van der Waals surface area contributed by atoms with Crippen molar-refractivity contribution >= 4 is 23.4 Å². The molecule has 0 aliphatic rings. The van der Waals surface area contributed by atoms with E-state index in [1.54, 1.807) is 11.8 Å². The van der Waals surface area contributed by atoms with Crippen LogP contribution in [0.2, 0.25) is 5.02 Å². The smallest absolute Gasteiger partial charge is 0.0449 e. The maximum Gasteiger partial charge on any atom is 0.0449 e. The van der Waals surface area contributed by atoms with Gasteiger partial charge in [-0.15, -0.1) is 0 Å². The van der Waals surface area contributed by atoms with Crippen LogP contribution < -0.4 is 0 Å². The molecule has 0 fully saturated rings. The molecule has 0 saturated heterocycles. The zero-order chi connectivity index (χ0) is 10.4. The van der Waals surface area contributed by atoms with Gasteiger partial charge in [0, 0.05) is 17.4 Å². The molecule has 14 heavy (non-hydrogen) atoms. The molecular weight excluding hydrogens is 216 g/mol. The second kappa shape index (κ2) is 6.33. The molecule has 0 bridgehead atoms. The van der Waals surface area contributed by atoms with Gasteiger partial charge in [-0.3, -0.25) is 0 Å². The van der Waals surface area contributed by atoms with Crippen molar-refractivity contribution in [2.24, 2.45) is 0 Å². The second-order valence-electron chi connectivity index (χ2n) is 3.22. The van der Waals surface area contributed by atoms with Crippen LogP contribution in [-0.2, 0) is 5.75 Å². The summed E-state index contributed by atoms with van der Waals surface area (Å²) in [6.07, 6.45) is 0.855. The fraction of sp³-hybridized carbons (Fsp3) is 0.455. The number of thioether (sulfide) groups is 1. The van der Waals surface area contributed by atoms with Gasteiger partial charge in [0.15, 0.2) is 0 Å². The number of rotatable bonds is 5. The van der Waals surface area contributed by atoms with Crippen LogP contribution in [0, 0.1) is 6.92 Å². The Bertz CT molecular complexity index is 289. The quantitative estimate of drug-likeness (QED) is 0.784. The molecule has 0 radical (unpaired) electrons. The van der Waals surface area contributed by atoms with Crippen molar-refractivity contribution in [1.29, 1.82) is 0 Å². The SMILES string of the molecule is Cc1ccc(CSCCCO)c(Cl)c1. The highest BCUT2D eigenvalue weighted by molar-refractivity contribution is 7.98. The molecule has 1 aromatic rings. The molecule has 1 nitrogen and oxygen atoms in total. The van der Waals surface area contributed by atoms with Crippen LogP contribution in [0.1, 0.15) is 17.5 Å². The van der Waals surface area contributed by atoms with E-state index in [2.05, 4.69) is 12.1 Å². The first-order chi connectivity index (χ1) is 6.74. The third-order valence-corrected chi connectivity index (χ3v) is 3.36. The number of aliphatic hydroxyl groups is 1. The Morgan fingerprint density at radius 2 is 2.21 bits per heavy atom. The molecule has 0 heterocycles. The molecule has 0 aliphatic carbocycles. The lowest BCUT2D eigenvalue weighted by molar-refractivity contribution is 0.296. The summed E-state index contributed by atoms with van der Waals surface area (Å²) in [4.78, 5) is 0. The number of halogens is 1. The first-order valence-electron chi connectivity index (χ1n) is 4.67. The zero-order valence-corrected chi connectivity index (χ0v) is 9.87. The molecule has 0 spiro atoms. The van der Waals surface area contributed by atoms with E-state index in [0.717, 1.165) is 22.9 Å². The highest BCUT2D eigenvalue weighted by atomic mass is 35.5. The summed E-state index contributed by atoms with van der Waals surface area (Å²) in [5, 5.41) is 9.46. The van der Waals surface area contributed by atoms with Crippen molar-refractivity contribution in [1.82, 2.24) is 0 Å². The topological polar surface area (TPSA) is 20.2 Å².